The quantitative estimate of drug-likeness (QED) is 0.819. The third-order valence-corrected chi connectivity index (χ3v) is 5.70. The number of hydrogen-bond acceptors (Lipinski definition) is 3. The first-order chi connectivity index (χ1) is 10.8. The van der Waals surface area contributed by atoms with Gasteiger partial charge in [0.1, 0.15) is 5.60 Å². The lowest BCUT2D eigenvalue weighted by atomic mass is 9.77. The van der Waals surface area contributed by atoms with E-state index in [-0.39, 0.29) is 6.09 Å². The van der Waals surface area contributed by atoms with E-state index in [2.05, 4.69) is 24.5 Å². The lowest BCUT2D eigenvalue weighted by Crippen LogP contribution is -2.49. The van der Waals surface area contributed by atoms with E-state index in [9.17, 15) is 4.79 Å². The van der Waals surface area contributed by atoms with Crippen LogP contribution in [0.5, 0.6) is 0 Å². The van der Waals surface area contributed by atoms with Gasteiger partial charge in [-0.2, -0.15) is 0 Å². The zero-order valence-corrected chi connectivity index (χ0v) is 15.7. The highest BCUT2D eigenvalue weighted by molar-refractivity contribution is 5.67. The van der Waals surface area contributed by atoms with Crippen LogP contribution in [0.15, 0.2) is 0 Å². The summed E-state index contributed by atoms with van der Waals surface area (Å²) in [5.41, 5.74) is -0.426. The van der Waals surface area contributed by atoms with Crippen LogP contribution in [0.25, 0.3) is 0 Å². The molecule has 2 aliphatic rings. The third kappa shape index (κ3) is 5.66. The Morgan fingerprint density at radius 3 is 2.39 bits per heavy atom. The van der Waals surface area contributed by atoms with Crippen LogP contribution in [0.4, 0.5) is 4.79 Å². The molecule has 4 nitrogen and oxygen atoms in total. The lowest BCUT2D eigenvalue weighted by molar-refractivity contribution is 0.0516. The molecule has 0 aromatic carbocycles. The molecule has 1 amide bonds. The van der Waals surface area contributed by atoms with Gasteiger partial charge in [0.15, 0.2) is 0 Å². The maximum Gasteiger partial charge on any atom is 0.407 e. The van der Waals surface area contributed by atoms with Gasteiger partial charge in [-0.1, -0.05) is 33.1 Å². The predicted octanol–water partition coefficient (Wildman–Crippen LogP) is 4.09. The minimum Gasteiger partial charge on any atom is -0.444 e. The van der Waals surface area contributed by atoms with E-state index < -0.39 is 5.60 Å². The average Bonchev–Trinajstić information content (AvgIpc) is 2.87. The summed E-state index contributed by atoms with van der Waals surface area (Å²) in [5, 5.41) is 6.90. The predicted molar refractivity (Wildman–Crippen MR) is 94.5 cm³/mol. The first-order valence-electron chi connectivity index (χ1n) is 9.49. The van der Waals surface area contributed by atoms with E-state index in [1.807, 2.05) is 20.8 Å². The maximum atomic E-state index is 11.9. The van der Waals surface area contributed by atoms with Crippen molar-refractivity contribution in [2.75, 3.05) is 6.54 Å². The van der Waals surface area contributed by atoms with Crippen LogP contribution in [0.2, 0.25) is 0 Å². The molecule has 0 heterocycles. The molecule has 2 fully saturated rings. The fraction of sp³-hybridized carbons (Fsp3) is 0.947. The SMILES string of the molecule is CC1CCCC(NC2CCCC2CNC(=O)OC(C)(C)C)C1C. The van der Waals surface area contributed by atoms with Crippen molar-refractivity contribution < 1.29 is 9.53 Å². The highest BCUT2D eigenvalue weighted by Gasteiger charge is 2.33. The second-order valence-electron chi connectivity index (χ2n) is 8.72. The summed E-state index contributed by atoms with van der Waals surface area (Å²) in [6.45, 7) is 11.2. The summed E-state index contributed by atoms with van der Waals surface area (Å²) >= 11 is 0. The minimum absolute atomic E-state index is 0.289. The number of rotatable bonds is 4. The third-order valence-electron chi connectivity index (χ3n) is 5.70. The molecule has 23 heavy (non-hydrogen) atoms. The molecule has 2 aliphatic carbocycles. The molecule has 0 spiro atoms. The zero-order valence-electron chi connectivity index (χ0n) is 15.7. The molecule has 0 aromatic heterocycles. The van der Waals surface area contributed by atoms with Gasteiger partial charge >= 0.3 is 6.09 Å². The van der Waals surface area contributed by atoms with Crippen LogP contribution < -0.4 is 10.6 Å². The zero-order chi connectivity index (χ0) is 17.0. The van der Waals surface area contributed by atoms with Gasteiger partial charge in [-0.25, -0.2) is 4.79 Å². The monoisotopic (exact) mass is 324 g/mol. The highest BCUT2D eigenvalue weighted by Crippen LogP contribution is 2.32. The summed E-state index contributed by atoms with van der Waals surface area (Å²) in [5.74, 6) is 2.11. The van der Waals surface area contributed by atoms with Crippen molar-refractivity contribution in [3.05, 3.63) is 0 Å². The molecule has 0 saturated heterocycles. The van der Waals surface area contributed by atoms with Crippen molar-refractivity contribution in [1.29, 1.82) is 0 Å². The van der Waals surface area contributed by atoms with Crippen molar-refractivity contribution in [1.82, 2.24) is 10.6 Å². The second kappa shape index (κ2) is 7.87. The van der Waals surface area contributed by atoms with Crippen molar-refractivity contribution >= 4 is 6.09 Å². The summed E-state index contributed by atoms with van der Waals surface area (Å²) in [6.07, 6.45) is 7.42. The lowest BCUT2D eigenvalue weighted by Gasteiger charge is -2.37. The van der Waals surface area contributed by atoms with E-state index in [0.29, 0.717) is 18.0 Å². The van der Waals surface area contributed by atoms with E-state index in [0.717, 1.165) is 18.4 Å². The Labute approximate surface area is 142 Å². The molecule has 5 atom stereocenters. The van der Waals surface area contributed by atoms with Gasteiger partial charge < -0.3 is 15.4 Å². The van der Waals surface area contributed by atoms with Crippen LogP contribution in [0.1, 0.15) is 73.1 Å². The van der Waals surface area contributed by atoms with Crippen molar-refractivity contribution in [2.24, 2.45) is 17.8 Å². The van der Waals surface area contributed by atoms with Crippen molar-refractivity contribution in [3.8, 4) is 0 Å². The van der Waals surface area contributed by atoms with Gasteiger partial charge in [-0.05, 0) is 57.8 Å². The first kappa shape index (κ1) is 18.6. The Morgan fingerprint density at radius 2 is 1.70 bits per heavy atom. The van der Waals surface area contributed by atoms with Crippen LogP contribution in [-0.2, 0) is 4.74 Å². The molecule has 2 rings (SSSR count). The first-order valence-corrected chi connectivity index (χ1v) is 9.49. The number of nitrogens with one attached hydrogen (secondary N) is 2. The Hall–Kier alpha value is -0.770. The van der Waals surface area contributed by atoms with Crippen LogP contribution in [-0.4, -0.2) is 30.3 Å². The number of hydrogen-bond donors (Lipinski definition) is 2. The van der Waals surface area contributed by atoms with Crippen molar-refractivity contribution in [3.63, 3.8) is 0 Å². The summed E-state index contributed by atoms with van der Waals surface area (Å²) in [7, 11) is 0. The molecule has 4 heteroatoms. The van der Waals surface area contributed by atoms with Gasteiger partial charge in [0.2, 0.25) is 0 Å². The Balaban J connectivity index is 1.80. The molecule has 0 aromatic rings. The summed E-state index contributed by atoms with van der Waals surface area (Å²) < 4.78 is 5.34. The minimum atomic E-state index is -0.426. The Morgan fingerprint density at radius 1 is 1.04 bits per heavy atom. The summed E-state index contributed by atoms with van der Waals surface area (Å²) in [4.78, 5) is 11.9. The number of alkyl carbamates (subject to hydrolysis) is 1. The number of ether oxygens (including phenoxy) is 1. The van der Waals surface area contributed by atoms with E-state index in [4.69, 9.17) is 4.74 Å². The molecule has 134 valence electrons. The fourth-order valence-electron chi connectivity index (χ4n) is 4.12. The standard InChI is InChI=1S/C19H36N2O2/c1-13-8-6-10-16(14(13)2)21-17-11-7-9-15(17)12-20-18(22)23-19(3,4)5/h13-17,21H,6-12H2,1-5H3,(H,20,22). The Kier molecular flexibility index (Phi) is 6.35. The van der Waals surface area contributed by atoms with E-state index in [1.54, 1.807) is 0 Å². The number of amides is 1. The van der Waals surface area contributed by atoms with Crippen LogP contribution in [0, 0.1) is 17.8 Å². The molecule has 0 radical (unpaired) electrons. The van der Waals surface area contributed by atoms with Gasteiger partial charge in [0.25, 0.3) is 0 Å². The maximum absolute atomic E-state index is 11.9. The van der Waals surface area contributed by atoms with Gasteiger partial charge in [0, 0.05) is 18.6 Å². The molecule has 2 saturated carbocycles. The molecular formula is C19H36N2O2. The molecule has 5 unspecified atom stereocenters. The topological polar surface area (TPSA) is 50.4 Å². The largest absolute Gasteiger partial charge is 0.444 e. The average molecular weight is 325 g/mol. The van der Waals surface area contributed by atoms with Gasteiger partial charge in [0.05, 0.1) is 0 Å². The molecule has 0 aliphatic heterocycles. The fourth-order valence-corrected chi connectivity index (χ4v) is 4.12. The number of carbonyl (C=O) groups excluding carboxylic acids is 1. The molecule has 2 N–H and O–H groups in total. The van der Waals surface area contributed by atoms with Crippen LogP contribution in [0.3, 0.4) is 0 Å². The number of carbonyl (C=O) groups is 1. The molecule has 0 bridgehead atoms. The normalized spacial score (nSPS) is 35.1. The van der Waals surface area contributed by atoms with E-state index >= 15 is 0 Å². The second-order valence-corrected chi connectivity index (χ2v) is 8.72. The highest BCUT2D eigenvalue weighted by atomic mass is 16.6. The van der Waals surface area contributed by atoms with Gasteiger partial charge in [-0.3, -0.25) is 0 Å². The molecular weight excluding hydrogens is 288 g/mol. The van der Waals surface area contributed by atoms with Gasteiger partial charge in [-0.15, -0.1) is 0 Å². The van der Waals surface area contributed by atoms with Crippen molar-refractivity contribution in [2.45, 2.75) is 90.8 Å². The van der Waals surface area contributed by atoms with E-state index in [1.165, 1.54) is 38.5 Å². The Bertz CT molecular complexity index is 391. The summed E-state index contributed by atoms with van der Waals surface area (Å²) in [6, 6.07) is 1.19. The smallest absolute Gasteiger partial charge is 0.407 e. The van der Waals surface area contributed by atoms with Crippen LogP contribution >= 0.6 is 0 Å².